The fourth-order valence-corrected chi connectivity index (χ4v) is 3.70. The van der Waals surface area contributed by atoms with Crippen molar-refractivity contribution < 1.29 is 18.4 Å². The van der Waals surface area contributed by atoms with Gasteiger partial charge in [0.05, 0.1) is 17.5 Å². The molecule has 156 valence electrons. The van der Waals surface area contributed by atoms with E-state index in [1.165, 1.54) is 12.3 Å². The molecule has 2 aromatic heterocycles. The van der Waals surface area contributed by atoms with Gasteiger partial charge in [0.2, 0.25) is 11.8 Å². The molecule has 2 aromatic rings. The van der Waals surface area contributed by atoms with E-state index in [4.69, 9.17) is 0 Å². The van der Waals surface area contributed by atoms with Gasteiger partial charge in [-0.1, -0.05) is 13.5 Å². The summed E-state index contributed by atoms with van der Waals surface area (Å²) in [5, 5.41) is 0. The second kappa shape index (κ2) is 8.00. The van der Waals surface area contributed by atoms with Crippen LogP contribution < -0.4 is 0 Å². The van der Waals surface area contributed by atoms with Gasteiger partial charge >= 0.3 is 0 Å². The highest BCUT2D eigenvalue weighted by Gasteiger charge is 2.32. The van der Waals surface area contributed by atoms with E-state index < -0.39 is 12.3 Å². The van der Waals surface area contributed by atoms with Crippen molar-refractivity contribution in [3.8, 4) is 0 Å². The molecule has 0 bridgehead atoms. The number of nitrogens with zero attached hydrogens (tertiary/aromatic N) is 3. The third-order valence-corrected chi connectivity index (χ3v) is 5.59. The van der Waals surface area contributed by atoms with Crippen molar-refractivity contribution in [3.63, 3.8) is 0 Å². The number of aromatic nitrogens is 3. The first-order chi connectivity index (χ1) is 13.6. The topological polar surface area (TPSA) is 79.0 Å². The molecule has 1 aliphatic heterocycles. The summed E-state index contributed by atoms with van der Waals surface area (Å²) in [4.78, 5) is 37.8. The number of piperidine rings is 1. The Morgan fingerprint density at radius 1 is 1.38 bits per heavy atom. The van der Waals surface area contributed by atoms with Crippen LogP contribution in [0.25, 0.3) is 11.2 Å². The third kappa shape index (κ3) is 5.05. The Morgan fingerprint density at radius 2 is 2.07 bits per heavy atom. The molecule has 8 heteroatoms. The van der Waals surface area contributed by atoms with Gasteiger partial charge in [-0.15, -0.1) is 0 Å². The maximum absolute atomic E-state index is 13.1. The normalized spacial score (nSPS) is 16.8. The highest BCUT2D eigenvalue weighted by Crippen LogP contribution is 2.34. The number of likely N-dealkylation sites (tertiary alicyclic amines) is 1. The molecule has 29 heavy (non-hydrogen) atoms. The summed E-state index contributed by atoms with van der Waals surface area (Å²) in [6, 6.07) is 0. The number of ketones is 1. The smallest absolute Gasteiger partial charge is 0.245 e. The molecule has 1 fully saturated rings. The van der Waals surface area contributed by atoms with Crippen LogP contribution in [0, 0.1) is 5.41 Å². The lowest BCUT2D eigenvalue weighted by Crippen LogP contribution is -2.42. The van der Waals surface area contributed by atoms with E-state index in [9.17, 15) is 18.4 Å². The van der Waals surface area contributed by atoms with Crippen molar-refractivity contribution in [2.75, 3.05) is 13.1 Å². The second-order valence-corrected chi connectivity index (χ2v) is 8.27. The zero-order valence-electron chi connectivity index (χ0n) is 16.8. The van der Waals surface area contributed by atoms with Crippen molar-refractivity contribution in [2.45, 2.75) is 51.9 Å². The van der Waals surface area contributed by atoms with Crippen molar-refractivity contribution in [1.29, 1.82) is 0 Å². The fraction of sp³-hybridized carbons (Fsp3) is 0.524. The van der Waals surface area contributed by atoms with Crippen LogP contribution in [0.4, 0.5) is 8.78 Å². The molecule has 0 unspecified atom stereocenters. The zero-order valence-corrected chi connectivity index (χ0v) is 16.8. The van der Waals surface area contributed by atoms with Gasteiger partial charge in [-0.3, -0.25) is 9.59 Å². The fourth-order valence-electron chi connectivity index (χ4n) is 3.70. The summed E-state index contributed by atoms with van der Waals surface area (Å²) in [7, 11) is 0. The number of amides is 1. The van der Waals surface area contributed by atoms with E-state index in [0.717, 1.165) is 25.5 Å². The minimum absolute atomic E-state index is 0.0367. The van der Waals surface area contributed by atoms with Crippen LogP contribution in [0.5, 0.6) is 0 Å². The predicted molar refractivity (Wildman–Crippen MR) is 106 cm³/mol. The molecule has 1 amide bonds. The first kappa shape index (κ1) is 21.1. The summed E-state index contributed by atoms with van der Waals surface area (Å²) >= 11 is 0. The lowest BCUT2D eigenvalue weighted by molar-refractivity contribution is -0.128. The van der Waals surface area contributed by atoms with Gasteiger partial charge < -0.3 is 9.88 Å². The van der Waals surface area contributed by atoms with Crippen LogP contribution in [-0.2, 0) is 11.2 Å². The maximum Gasteiger partial charge on any atom is 0.245 e. The first-order valence-corrected chi connectivity index (χ1v) is 9.76. The molecule has 0 aliphatic carbocycles. The number of aromatic amines is 1. The van der Waals surface area contributed by atoms with Gasteiger partial charge in [0.15, 0.2) is 11.4 Å². The average Bonchev–Trinajstić information content (AvgIpc) is 3.08. The SMILES string of the molecule is C=CC(=O)N1CCC(C)(Cc2cnc3[nH]cc(C(=O)CCC(C)(F)F)c3n2)CC1. The molecule has 6 nitrogen and oxygen atoms in total. The zero-order chi connectivity index (χ0) is 21.2. The number of Topliss-reactive ketones (excluding diaryl/α,β-unsaturated/α-hetero) is 1. The minimum Gasteiger partial charge on any atom is -0.344 e. The van der Waals surface area contributed by atoms with Crippen molar-refractivity contribution >= 4 is 22.9 Å². The van der Waals surface area contributed by atoms with E-state index in [0.29, 0.717) is 36.2 Å². The molecular formula is C21H26F2N4O2. The van der Waals surface area contributed by atoms with Gasteiger partial charge in [-0.2, -0.15) is 0 Å². The van der Waals surface area contributed by atoms with Crippen LogP contribution in [-0.4, -0.2) is 50.6 Å². The molecule has 0 saturated carbocycles. The van der Waals surface area contributed by atoms with Gasteiger partial charge in [0.1, 0.15) is 5.52 Å². The van der Waals surface area contributed by atoms with E-state index in [2.05, 4.69) is 28.5 Å². The third-order valence-electron chi connectivity index (χ3n) is 5.59. The summed E-state index contributed by atoms with van der Waals surface area (Å²) in [5.74, 6) is -3.30. The number of H-pyrrole nitrogens is 1. The Hall–Kier alpha value is -2.64. The largest absolute Gasteiger partial charge is 0.344 e. The second-order valence-electron chi connectivity index (χ2n) is 8.27. The highest BCUT2D eigenvalue weighted by molar-refractivity contribution is 6.05. The van der Waals surface area contributed by atoms with E-state index in [1.54, 1.807) is 11.1 Å². The summed E-state index contributed by atoms with van der Waals surface area (Å²) in [6.45, 7) is 7.82. The monoisotopic (exact) mass is 404 g/mol. The van der Waals surface area contributed by atoms with E-state index in [-0.39, 0.29) is 23.5 Å². The molecule has 1 saturated heterocycles. The number of fused-ring (bicyclic) bond motifs is 1. The van der Waals surface area contributed by atoms with Crippen LogP contribution in [0.1, 0.15) is 55.6 Å². The van der Waals surface area contributed by atoms with Gasteiger partial charge in [0.25, 0.3) is 0 Å². The Kier molecular flexibility index (Phi) is 5.82. The van der Waals surface area contributed by atoms with Gasteiger partial charge in [0, 0.05) is 32.1 Å². The number of carbonyl (C=O) groups is 2. The Balaban J connectivity index is 1.73. The Labute approximate surface area is 168 Å². The Morgan fingerprint density at radius 3 is 2.69 bits per heavy atom. The van der Waals surface area contributed by atoms with Crippen molar-refractivity contribution in [1.82, 2.24) is 19.9 Å². The number of carbonyl (C=O) groups excluding carboxylic acids is 2. The lowest BCUT2D eigenvalue weighted by Gasteiger charge is -2.39. The molecule has 0 aromatic carbocycles. The number of halogens is 2. The van der Waals surface area contributed by atoms with E-state index >= 15 is 0 Å². The van der Waals surface area contributed by atoms with Crippen molar-refractivity contribution in [3.05, 3.63) is 36.3 Å². The lowest BCUT2D eigenvalue weighted by atomic mass is 9.76. The quantitative estimate of drug-likeness (QED) is 0.560. The molecule has 0 radical (unpaired) electrons. The molecule has 0 spiro atoms. The number of hydrogen-bond acceptors (Lipinski definition) is 4. The predicted octanol–water partition coefficient (Wildman–Crippen LogP) is 3.93. The Bertz CT molecular complexity index is 924. The molecule has 0 atom stereocenters. The van der Waals surface area contributed by atoms with Gasteiger partial charge in [-0.25, -0.2) is 18.7 Å². The molecular weight excluding hydrogens is 378 g/mol. The average molecular weight is 404 g/mol. The molecule has 1 N–H and O–H groups in total. The number of alkyl halides is 2. The van der Waals surface area contributed by atoms with E-state index in [1.807, 2.05) is 0 Å². The molecule has 3 rings (SSSR count). The molecule has 3 heterocycles. The van der Waals surface area contributed by atoms with Crippen LogP contribution in [0.3, 0.4) is 0 Å². The van der Waals surface area contributed by atoms with Crippen LogP contribution in [0.15, 0.2) is 25.0 Å². The summed E-state index contributed by atoms with van der Waals surface area (Å²) in [6.07, 6.45) is 6.09. The van der Waals surface area contributed by atoms with Crippen LogP contribution >= 0.6 is 0 Å². The van der Waals surface area contributed by atoms with Gasteiger partial charge in [-0.05, 0) is 37.7 Å². The summed E-state index contributed by atoms with van der Waals surface area (Å²) < 4.78 is 26.2. The standard InChI is InChI=1S/C21H26F2N4O2/c1-4-17(29)27-9-7-20(2,8-10-27)11-14-12-24-19-18(26-14)15(13-25-19)16(28)5-6-21(3,22)23/h4,12-13H,1,5-11H2,2-3H3,(H,24,25). The highest BCUT2D eigenvalue weighted by atomic mass is 19.3. The number of rotatable bonds is 7. The van der Waals surface area contributed by atoms with Crippen LogP contribution in [0.2, 0.25) is 0 Å². The number of hydrogen-bond donors (Lipinski definition) is 1. The number of nitrogens with one attached hydrogen (secondary N) is 1. The molecule has 1 aliphatic rings. The minimum atomic E-state index is -2.88. The summed E-state index contributed by atoms with van der Waals surface area (Å²) in [5.41, 5.74) is 1.91. The first-order valence-electron chi connectivity index (χ1n) is 9.76. The maximum atomic E-state index is 13.1. The van der Waals surface area contributed by atoms with Crippen molar-refractivity contribution in [2.24, 2.45) is 5.41 Å².